The van der Waals surface area contributed by atoms with E-state index in [0.717, 1.165) is 0 Å². The van der Waals surface area contributed by atoms with Crippen LogP contribution < -0.4 is 24.4 Å². The summed E-state index contributed by atoms with van der Waals surface area (Å²) in [6.45, 7) is 6.57. The highest BCUT2D eigenvalue weighted by Gasteiger charge is 2.36. The number of nitrogens with zero attached hydrogens (tertiary/aromatic N) is 4. The molecule has 0 saturated carbocycles. The summed E-state index contributed by atoms with van der Waals surface area (Å²) in [5.41, 5.74) is 1.75. The van der Waals surface area contributed by atoms with Crippen molar-refractivity contribution in [3.8, 4) is 11.5 Å². The first-order valence-corrected chi connectivity index (χ1v) is 12.8. The topological polar surface area (TPSA) is 116 Å². The molecule has 2 heterocycles. The minimum atomic E-state index is -0.802. The second-order valence-electron chi connectivity index (χ2n) is 8.52. The molecule has 11 heteroatoms. The van der Waals surface area contributed by atoms with E-state index in [-0.39, 0.29) is 17.2 Å². The first kappa shape index (κ1) is 26.8. The Labute approximate surface area is 222 Å². The summed E-state index contributed by atoms with van der Waals surface area (Å²) < 4.78 is 13.0. The highest BCUT2D eigenvalue weighted by atomic mass is 32.1. The van der Waals surface area contributed by atoms with Crippen LogP contribution in [0.15, 0.2) is 63.5 Å². The first-order chi connectivity index (χ1) is 18.2. The average Bonchev–Trinajstić information content (AvgIpc) is 3.22. The van der Waals surface area contributed by atoms with Gasteiger partial charge in [0.15, 0.2) is 4.80 Å². The third-order valence-electron chi connectivity index (χ3n) is 6.44. The van der Waals surface area contributed by atoms with Crippen molar-refractivity contribution in [3.05, 3.63) is 94.7 Å². The summed E-state index contributed by atoms with van der Waals surface area (Å²) in [6, 6.07) is 10.4. The van der Waals surface area contributed by atoms with Gasteiger partial charge in [0, 0.05) is 30.8 Å². The zero-order valence-corrected chi connectivity index (χ0v) is 22.6. The van der Waals surface area contributed by atoms with E-state index >= 15 is 0 Å². The predicted molar refractivity (Wildman–Crippen MR) is 144 cm³/mol. The normalized spacial score (nSPS) is 15.1. The molecule has 4 rings (SSSR count). The Morgan fingerprint density at radius 1 is 1.16 bits per heavy atom. The van der Waals surface area contributed by atoms with Crippen LogP contribution in [0.1, 0.15) is 37.9 Å². The number of non-ortho nitro benzene ring substituents is 1. The Kier molecular flexibility index (Phi) is 7.77. The molecule has 0 bridgehead atoms. The number of rotatable bonds is 8. The summed E-state index contributed by atoms with van der Waals surface area (Å²) in [4.78, 5) is 45.0. The number of likely N-dealkylation sites (N-methyl/N-ethyl adjacent to an activating group) is 1. The van der Waals surface area contributed by atoms with Crippen molar-refractivity contribution in [1.29, 1.82) is 0 Å². The number of carbonyl (C=O) groups excluding carboxylic acids is 1. The molecular formula is C27H28N4O6S. The summed E-state index contributed by atoms with van der Waals surface area (Å²) in [7, 11) is 3.08. The Hall–Kier alpha value is -4.25. The fraction of sp³-hybridized carbons (Fsp3) is 0.296. The Balaban J connectivity index is 1.99. The third kappa shape index (κ3) is 4.84. The van der Waals surface area contributed by atoms with E-state index in [1.807, 2.05) is 13.8 Å². The largest absolute Gasteiger partial charge is 0.497 e. The summed E-state index contributed by atoms with van der Waals surface area (Å²) >= 11 is 1.19. The van der Waals surface area contributed by atoms with Crippen LogP contribution >= 0.6 is 11.3 Å². The van der Waals surface area contributed by atoms with Gasteiger partial charge in [-0.25, -0.2) is 4.99 Å². The minimum absolute atomic E-state index is 0.0380. The van der Waals surface area contributed by atoms with Gasteiger partial charge in [0.05, 0.1) is 34.9 Å². The molecule has 0 unspecified atom stereocenters. The molecule has 0 radical (unpaired) electrons. The van der Waals surface area contributed by atoms with Gasteiger partial charge in [0.25, 0.3) is 17.2 Å². The number of ether oxygens (including phenoxy) is 2. The maximum Gasteiger partial charge on any atom is 0.271 e. The van der Waals surface area contributed by atoms with Gasteiger partial charge < -0.3 is 14.4 Å². The van der Waals surface area contributed by atoms with Gasteiger partial charge >= 0.3 is 0 Å². The number of amides is 1. The highest BCUT2D eigenvalue weighted by Crippen LogP contribution is 2.38. The first-order valence-electron chi connectivity index (χ1n) is 12.0. The van der Waals surface area contributed by atoms with Crippen LogP contribution in [-0.2, 0) is 4.79 Å². The number of fused-ring (bicyclic) bond motifs is 1. The molecule has 0 N–H and O–H groups in total. The second kappa shape index (κ2) is 11.0. The van der Waals surface area contributed by atoms with Gasteiger partial charge in [-0.15, -0.1) is 0 Å². The van der Waals surface area contributed by atoms with Crippen LogP contribution in [-0.4, -0.2) is 47.6 Å². The summed E-state index contributed by atoms with van der Waals surface area (Å²) in [5, 5.41) is 11.0. The number of aromatic nitrogens is 1. The SMILES string of the molecule is CCN(CC)C(=O)C1=C(C)N=c2s/c(=C/c3ccc([N+](=O)[O-])cc3)c(=O)n2[C@H]1c1cc(OC)ccc1OC. The standard InChI is InChI=1S/C27H28N4O6S/c1-6-29(7-2)26(33)23-16(3)28-27-30(24(23)20-15-19(36-4)12-13-21(20)37-5)25(32)22(38-27)14-17-8-10-18(11-9-17)31(34)35/h8-15,24H,6-7H2,1-5H3/b22-14+/t24-/m0/s1. The van der Waals surface area contributed by atoms with Crippen LogP contribution in [0.25, 0.3) is 6.08 Å². The van der Waals surface area contributed by atoms with E-state index in [1.165, 1.54) is 35.1 Å². The molecule has 38 heavy (non-hydrogen) atoms. The molecule has 0 saturated heterocycles. The number of hydrogen-bond donors (Lipinski definition) is 0. The maximum absolute atomic E-state index is 13.9. The smallest absolute Gasteiger partial charge is 0.271 e. The number of nitro benzene ring substituents is 1. The van der Waals surface area contributed by atoms with E-state index in [0.29, 0.717) is 56.3 Å². The maximum atomic E-state index is 13.9. The molecule has 0 aliphatic carbocycles. The molecule has 198 valence electrons. The number of thiazole rings is 1. The van der Waals surface area contributed by atoms with Crippen molar-refractivity contribution in [3.63, 3.8) is 0 Å². The van der Waals surface area contributed by atoms with E-state index in [9.17, 15) is 19.7 Å². The Bertz CT molecular complexity index is 1600. The van der Waals surface area contributed by atoms with Gasteiger partial charge in [0.1, 0.15) is 17.5 Å². The molecule has 1 aromatic heterocycles. The molecule has 0 fully saturated rings. The zero-order valence-electron chi connectivity index (χ0n) is 21.8. The number of methoxy groups -OCH3 is 2. The molecule has 1 aliphatic heterocycles. The van der Waals surface area contributed by atoms with Gasteiger partial charge in [-0.3, -0.25) is 24.3 Å². The molecule has 3 aromatic rings. The monoisotopic (exact) mass is 536 g/mol. The molecular weight excluding hydrogens is 508 g/mol. The van der Waals surface area contributed by atoms with Crippen molar-refractivity contribution in [2.75, 3.05) is 27.3 Å². The van der Waals surface area contributed by atoms with E-state index in [1.54, 1.807) is 55.3 Å². The van der Waals surface area contributed by atoms with E-state index in [2.05, 4.69) is 4.99 Å². The lowest BCUT2D eigenvalue weighted by Gasteiger charge is -2.30. The predicted octanol–water partition coefficient (Wildman–Crippen LogP) is 3.03. The Morgan fingerprint density at radius 2 is 1.84 bits per heavy atom. The van der Waals surface area contributed by atoms with Gasteiger partial charge in [-0.2, -0.15) is 0 Å². The lowest BCUT2D eigenvalue weighted by atomic mass is 9.93. The molecule has 1 aliphatic rings. The lowest BCUT2D eigenvalue weighted by Crippen LogP contribution is -2.43. The summed E-state index contributed by atoms with van der Waals surface area (Å²) in [5.74, 6) is 0.842. The van der Waals surface area contributed by atoms with Crippen LogP contribution in [0.2, 0.25) is 0 Å². The quantitative estimate of drug-likeness (QED) is 0.323. The van der Waals surface area contributed by atoms with Crippen LogP contribution in [0.5, 0.6) is 11.5 Å². The zero-order chi connectivity index (χ0) is 27.6. The number of nitro groups is 1. The van der Waals surface area contributed by atoms with Gasteiger partial charge in [-0.1, -0.05) is 11.3 Å². The number of carbonyl (C=O) groups is 1. The lowest BCUT2D eigenvalue weighted by molar-refractivity contribution is -0.384. The molecule has 2 aromatic carbocycles. The van der Waals surface area contributed by atoms with Crippen molar-refractivity contribution in [2.45, 2.75) is 26.8 Å². The fourth-order valence-electron chi connectivity index (χ4n) is 4.47. The molecule has 1 amide bonds. The van der Waals surface area contributed by atoms with Gasteiger partial charge in [0.2, 0.25) is 0 Å². The van der Waals surface area contributed by atoms with Crippen LogP contribution in [0.4, 0.5) is 5.69 Å². The van der Waals surface area contributed by atoms with Gasteiger partial charge in [-0.05, 0) is 62.7 Å². The second-order valence-corrected chi connectivity index (χ2v) is 9.52. The van der Waals surface area contributed by atoms with Crippen molar-refractivity contribution in [1.82, 2.24) is 9.47 Å². The molecule has 1 atom stereocenters. The fourth-order valence-corrected chi connectivity index (χ4v) is 5.51. The van der Waals surface area contributed by atoms with E-state index in [4.69, 9.17) is 9.47 Å². The van der Waals surface area contributed by atoms with Crippen molar-refractivity contribution < 1.29 is 19.2 Å². The van der Waals surface area contributed by atoms with E-state index < -0.39 is 11.0 Å². The average molecular weight is 537 g/mol. The number of allylic oxidation sites excluding steroid dienone is 1. The third-order valence-corrected chi connectivity index (χ3v) is 7.42. The Morgan fingerprint density at radius 3 is 2.42 bits per heavy atom. The van der Waals surface area contributed by atoms with Crippen LogP contribution in [0.3, 0.4) is 0 Å². The number of benzene rings is 2. The summed E-state index contributed by atoms with van der Waals surface area (Å²) in [6.07, 6.45) is 1.67. The van der Waals surface area contributed by atoms with Crippen molar-refractivity contribution in [2.24, 2.45) is 4.99 Å². The molecule has 0 spiro atoms. The number of hydrogen-bond acceptors (Lipinski definition) is 8. The van der Waals surface area contributed by atoms with Crippen molar-refractivity contribution >= 4 is 29.0 Å². The van der Waals surface area contributed by atoms with Crippen LogP contribution in [0, 0.1) is 10.1 Å². The molecule has 10 nitrogen and oxygen atoms in total. The minimum Gasteiger partial charge on any atom is -0.497 e. The highest BCUT2D eigenvalue weighted by molar-refractivity contribution is 7.07.